The third-order valence-corrected chi connectivity index (χ3v) is 4.89. The van der Waals surface area contributed by atoms with E-state index in [4.69, 9.17) is 9.47 Å². The molecule has 2 aliphatic rings. The summed E-state index contributed by atoms with van der Waals surface area (Å²) < 4.78 is 13.8. The third-order valence-electron chi connectivity index (χ3n) is 4.89. The molecule has 1 unspecified atom stereocenters. The van der Waals surface area contributed by atoms with Crippen LogP contribution in [0.4, 0.5) is 0 Å². The molecule has 0 saturated carbocycles. The second-order valence-corrected chi connectivity index (χ2v) is 6.87. The fourth-order valence-corrected chi connectivity index (χ4v) is 3.86. The zero-order chi connectivity index (χ0) is 16.4. The average Bonchev–Trinajstić information content (AvgIpc) is 3.03. The van der Waals surface area contributed by atoms with E-state index in [1.165, 1.54) is 0 Å². The number of rotatable bonds is 3. The van der Waals surface area contributed by atoms with Crippen molar-refractivity contribution in [2.45, 2.75) is 38.0 Å². The molecule has 0 aliphatic carbocycles. The van der Waals surface area contributed by atoms with Gasteiger partial charge in [-0.25, -0.2) is 4.68 Å². The quantitative estimate of drug-likeness (QED) is 0.863. The summed E-state index contributed by atoms with van der Waals surface area (Å²) in [4.78, 5) is 2.47. The lowest BCUT2D eigenvalue weighted by atomic mass is 9.91. The van der Waals surface area contributed by atoms with Crippen LogP contribution in [0.5, 0.6) is 0 Å². The van der Waals surface area contributed by atoms with Crippen LogP contribution < -0.4 is 0 Å². The molecule has 0 amide bonds. The number of nitrogens with zero attached hydrogens (tertiary/aromatic N) is 4. The van der Waals surface area contributed by atoms with E-state index >= 15 is 0 Å². The lowest BCUT2D eigenvalue weighted by molar-refractivity contribution is -0.185. The molecule has 4 rings (SSSR count). The van der Waals surface area contributed by atoms with Crippen molar-refractivity contribution in [3.63, 3.8) is 0 Å². The number of hydrogen-bond donors (Lipinski definition) is 0. The van der Waals surface area contributed by atoms with E-state index < -0.39 is 0 Å². The Labute approximate surface area is 142 Å². The highest BCUT2D eigenvalue weighted by molar-refractivity contribution is 5.31. The number of para-hydroxylation sites is 1. The Hall–Kier alpha value is -1.76. The van der Waals surface area contributed by atoms with Crippen LogP contribution in [0.2, 0.25) is 0 Å². The van der Waals surface area contributed by atoms with Gasteiger partial charge in [-0.2, -0.15) is 0 Å². The minimum Gasteiger partial charge on any atom is -0.381 e. The van der Waals surface area contributed by atoms with Crippen molar-refractivity contribution >= 4 is 0 Å². The largest absolute Gasteiger partial charge is 0.381 e. The Kier molecular flexibility index (Phi) is 4.35. The first-order chi connectivity index (χ1) is 11.7. The van der Waals surface area contributed by atoms with Crippen molar-refractivity contribution in [3.8, 4) is 5.69 Å². The molecule has 2 aliphatic heterocycles. The normalized spacial score (nSPS) is 24.3. The molecule has 128 valence electrons. The zero-order valence-corrected chi connectivity index (χ0v) is 14.1. The maximum Gasteiger partial charge on any atom is 0.0857 e. The van der Waals surface area contributed by atoms with Gasteiger partial charge in [0, 0.05) is 45.7 Å². The summed E-state index contributed by atoms with van der Waals surface area (Å²) in [6.45, 7) is 6.46. The maximum atomic E-state index is 6.32. The van der Waals surface area contributed by atoms with Gasteiger partial charge in [0.25, 0.3) is 0 Å². The van der Waals surface area contributed by atoms with Crippen LogP contribution in [0.3, 0.4) is 0 Å². The molecule has 6 nitrogen and oxygen atoms in total. The van der Waals surface area contributed by atoms with Gasteiger partial charge in [0.2, 0.25) is 0 Å². The van der Waals surface area contributed by atoms with Gasteiger partial charge >= 0.3 is 0 Å². The van der Waals surface area contributed by atoms with Gasteiger partial charge in [0.05, 0.1) is 29.3 Å². The maximum absolute atomic E-state index is 6.32. The smallest absolute Gasteiger partial charge is 0.0857 e. The summed E-state index contributed by atoms with van der Waals surface area (Å²) in [6.07, 6.45) is 4.05. The monoisotopic (exact) mass is 328 g/mol. The minimum atomic E-state index is -0.0546. The van der Waals surface area contributed by atoms with Gasteiger partial charge in [-0.1, -0.05) is 23.4 Å². The van der Waals surface area contributed by atoms with Gasteiger partial charge in [0.1, 0.15) is 0 Å². The number of aromatic nitrogens is 3. The van der Waals surface area contributed by atoms with Crippen molar-refractivity contribution in [1.29, 1.82) is 0 Å². The van der Waals surface area contributed by atoms with Crippen LogP contribution in [-0.2, 0) is 16.0 Å². The topological polar surface area (TPSA) is 52.4 Å². The van der Waals surface area contributed by atoms with Gasteiger partial charge in [0.15, 0.2) is 0 Å². The molecular weight excluding hydrogens is 304 g/mol. The first-order valence-corrected chi connectivity index (χ1v) is 8.67. The van der Waals surface area contributed by atoms with E-state index in [1.54, 1.807) is 0 Å². The van der Waals surface area contributed by atoms with Crippen molar-refractivity contribution in [3.05, 3.63) is 42.2 Å². The van der Waals surface area contributed by atoms with Crippen molar-refractivity contribution < 1.29 is 9.47 Å². The van der Waals surface area contributed by atoms with E-state index in [0.717, 1.165) is 57.1 Å². The van der Waals surface area contributed by atoms with E-state index in [-0.39, 0.29) is 11.7 Å². The molecule has 2 aromatic rings. The van der Waals surface area contributed by atoms with Crippen LogP contribution in [-0.4, -0.2) is 57.9 Å². The summed E-state index contributed by atoms with van der Waals surface area (Å²) in [7, 11) is 0. The summed E-state index contributed by atoms with van der Waals surface area (Å²) in [5.74, 6) is 0. The Balaban J connectivity index is 1.52. The van der Waals surface area contributed by atoms with Crippen molar-refractivity contribution in [2.24, 2.45) is 0 Å². The molecule has 1 aromatic carbocycles. The Bertz CT molecular complexity index is 667. The molecule has 0 radical (unpaired) electrons. The summed E-state index contributed by atoms with van der Waals surface area (Å²) in [5.41, 5.74) is 2.10. The lowest BCUT2D eigenvalue weighted by Gasteiger charge is -2.47. The van der Waals surface area contributed by atoms with Crippen LogP contribution in [0.15, 0.2) is 36.5 Å². The van der Waals surface area contributed by atoms with Crippen LogP contribution in [0, 0.1) is 0 Å². The standard InChI is InChI=1S/C18H24N4O2/c1-15-12-21(14-18(24-15)7-9-23-10-8-18)13-17-11-19-20-22(17)16-5-3-2-4-6-16/h2-6,11,15H,7-10,12-14H2,1H3. The fraction of sp³-hybridized carbons (Fsp3) is 0.556. The number of ether oxygens (including phenoxy) is 2. The van der Waals surface area contributed by atoms with E-state index in [2.05, 4.69) is 34.3 Å². The molecule has 6 heteroatoms. The first-order valence-electron chi connectivity index (χ1n) is 8.67. The summed E-state index contributed by atoms with van der Waals surface area (Å²) >= 11 is 0. The lowest BCUT2D eigenvalue weighted by Crippen LogP contribution is -2.56. The third kappa shape index (κ3) is 3.22. The summed E-state index contributed by atoms with van der Waals surface area (Å²) in [5, 5.41) is 8.39. The highest BCUT2D eigenvalue weighted by Crippen LogP contribution is 2.32. The Morgan fingerprint density at radius 2 is 2.00 bits per heavy atom. The highest BCUT2D eigenvalue weighted by atomic mass is 16.5. The molecule has 2 fully saturated rings. The van der Waals surface area contributed by atoms with Gasteiger partial charge in [-0.05, 0) is 19.1 Å². The predicted octanol–water partition coefficient (Wildman–Crippen LogP) is 2.04. The number of morpholine rings is 1. The zero-order valence-electron chi connectivity index (χ0n) is 14.1. The van der Waals surface area contributed by atoms with Gasteiger partial charge < -0.3 is 9.47 Å². The SMILES string of the molecule is CC1CN(Cc2cnnn2-c2ccccc2)CC2(CCOCC2)O1. The minimum absolute atomic E-state index is 0.0546. The molecule has 3 heterocycles. The molecule has 2 saturated heterocycles. The van der Waals surface area contributed by atoms with E-state index in [1.807, 2.05) is 29.1 Å². The molecule has 0 bridgehead atoms. The molecule has 0 N–H and O–H groups in total. The van der Waals surface area contributed by atoms with Crippen molar-refractivity contribution in [1.82, 2.24) is 19.9 Å². The summed E-state index contributed by atoms with van der Waals surface area (Å²) in [6, 6.07) is 10.2. The van der Waals surface area contributed by atoms with Gasteiger partial charge in [-0.15, -0.1) is 5.10 Å². The highest BCUT2D eigenvalue weighted by Gasteiger charge is 2.40. The number of hydrogen-bond acceptors (Lipinski definition) is 5. The van der Waals surface area contributed by atoms with Crippen molar-refractivity contribution in [2.75, 3.05) is 26.3 Å². The van der Waals surface area contributed by atoms with Crippen LogP contribution >= 0.6 is 0 Å². The second kappa shape index (κ2) is 6.63. The molecular formula is C18H24N4O2. The molecule has 24 heavy (non-hydrogen) atoms. The van der Waals surface area contributed by atoms with Gasteiger partial charge in [-0.3, -0.25) is 4.90 Å². The molecule has 1 spiro atoms. The Morgan fingerprint density at radius 3 is 2.79 bits per heavy atom. The number of benzene rings is 1. The molecule has 1 aromatic heterocycles. The predicted molar refractivity (Wildman–Crippen MR) is 90.0 cm³/mol. The van der Waals surface area contributed by atoms with E-state index in [0.29, 0.717) is 0 Å². The first kappa shape index (κ1) is 15.7. The molecule has 1 atom stereocenters. The van der Waals surface area contributed by atoms with E-state index in [9.17, 15) is 0 Å². The van der Waals surface area contributed by atoms with Crippen LogP contribution in [0.25, 0.3) is 5.69 Å². The second-order valence-electron chi connectivity index (χ2n) is 6.87. The Morgan fingerprint density at radius 1 is 1.21 bits per heavy atom. The average molecular weight is 328 g/mol. The fourth-order valence-electron chi connectivity index (χ4n) is 3.86. The van der Waals surface area contributed by atoms with Crippen LogP contribution in [0.1, 0.15) is 25.5 Å².